The van der Waals surface area contributed by atoms with Gasteiger partial charge in [0.05, 0.1) is 13.3 Å². The molecule has 8 heteroatoms. The summed E-state index contributed by atoms with van der Waals surface area (Å²) in [6, 6.07) is 0.362. The number of ether oxygens (including phenoxy) is 1. The summed E-state index contributed by atoms with van der Waals surface area (Å²) >= 11 is 6.01. The lowest BCUT2D eigenvalue weighted by atomic mass is 10.6. The molecule has 0 bridgehead atoms. The summed E-state index contributed by atoms with van der Waals surface area (Å²) in [5.41, 5.74) is 0.541. The van der Waals surface area contributed by atoms with Gasteiger partial charge < -0.3 is 9.72 Å². The van der Waals surface area contributed by atoms with Gasteiger partial charge >= 0.3 is 6.01 Å². The van der Waals surface area contributed by atoms with Crippen LogP contribution in [0, 0.1) is 0 Å². The Balaban J connectivity index is 2.52. The van der Waals surface area contributed by atoms with Gasteiger partial charge in [0.15, 0.2) is 5.65 Å². The van der Waals surface area contributed by atoms with Crippen molar-refractivity contribution in [2.75, 3.05) is 12.1 Å². The number of halogens is 1. The predicted molar refractivity (Wildman–Crippen MR) is 69.3 cm³/mol. The van der Waals surface area contributed by atoms with E-state index in [2.05, 4.69) is 39.7 Å². The van der Waals surface area contributed by atoms with E-state index in [0.717, 1.165) is 0 Å². The second kappa shape index (κ2) is 4.15. The summed E-state index contributed by atoms with van der Waals surface area (Å²) in [6.07, 6.45) is 1.50. The molecule has 0 radical (unpaired) electrons. The van der Waals surface area contributed by atoms with Crippen molar-refractivity contribution in [3.63, 3.8) is 0 Å². The van der Waals surface area contributed by atoms with E-state index in [-0.39, 0.29) is 0 Å². The van der Waals surface area contributed by atoms with Crippen molar-refractivity contribution in [1.82, 2.24) is 19.6 Å². The number of anilines is 1. The molecule has 0 atom stereocenters. The van der Waals surface area contributed by atoms with Crippen LogP contribution in [0.3, 0.4) is 0 Å². The molecule has 1 N–H and O–H groups in total. The molecule has 0 aliphatic carbocycles. The van der Waals surface area contributed by atoms with Crippen LogP contribution in [0.5, 0.6) is 6.01 Å². The monoisotopic (exact) mass is 271 g/mol. The highest BCUT2D eigenvalue weighted by Crippen LogP contribution is 2.20. The molecule has 0 aliphatic heterocycles. The lowest BCUT2D eigenvalue weighted by molar-refractivity contribution is 0.367. The number of fused-ring (bicyclic) bond motifs is 1. The second-order valence-corrected chi connectivity index (χ2v) is 9.80. The van der Waals surface area contributed by atoms with E-state index < -0.39 is 8.24 Å². The molecule has 0 saturated heterocycles. The first-order valence-electron chi connectivity index (χ1n) is 5.14. The molecule has 92 valence electrons. The summed E-state index contributed by atoms with van der Waals surface area (Å²) in [4.78, 5) is 11.7. The molecule has 2 rings (SSSR count). The number of hydrogen-bond acceptors (Lipinski definition) is 5. The highest BCUT2D eigenvalue weighted by Gasteiger charge is 2.18. The van der Waals surface area contributed by atoms with E-state index in [1.807, 2.05) is 0 Å². The maximum Gasteiger partial charge on any atom is 0.319 e. The minimum atomic E-state index is -1.50. The number of methoxy groups -OCH3 is 1. The first kappa shape index (κ1) is 12.1. The topological polar surface area (TPSA) is 64.3 Å². The molecule has 0 unspecified atom stereocenters. The first-order chi connectivity index (χ1) is 7.90. The van der Waals surface area contributed by atoms with E-state index >= 15 is 0 Å². The Hall–Kier alpha value is -1.34. The molecule has 0 saturated carbocycles. The highest BCUT2D eigenvalue weighted by atomic mass is 35.5. The SMILES string of the molecule is COc1ncc(Cl)c2nc(N[Si](C)(C)C)nn12. The summed E-state index contributed by atoms with van der Waals surface area (Å²) in [5.74, 6) is 0.553. The van der Waals surface area contributed by atoms with Gasteiger partial charge in [-0.1, -0.05) is 31.2 Å². The minimum Gasteiger partial charge on any atom is -0.467 e. The lowest BCUT2D eigenvalue weighted by Crippen LogP contribution is -2.32. The third kappa shape index (κ3) is 2.50. The summed E-state index contributed by atoms with van der Waals surface area (Å²) in [5, 5.41) is 4.73. The summed E-state index contributed by atoms with van der Waals surface area (Å²) < 4.78 is 6.59. The van der Waals surface area contributed by atoms with Gasteiger partial charge in [0.1, 0.15) is 13.3 Å². The second-order valence-electron chi connectivity index (χ2n) is 4.64. The van der Waals surface area contributed by atoms with Crippen LogP contribution < -0.4 is 9.72 Å². The molecule has 0 spiro atoms. The normalized spacial score (nSPS) is 11.8. The van der Waals surface area contributed by atoms with Crippen LogP contribution in [0.15, 0.2) is 6.20 Å². The van der Waals surface area contributed by atoms with Crippen LogP contribution in [-0.2, 0) is 0 Å². The van der Waals surface area contributed by atoms with Crippen LogP contribution in [0.2, 0.25) is 24.7 Å². The van der Waals surface area contributed by atoms with Crippen molar-refractivity contribution in [2.45, 2.75) is 19.6 Å². The zero-order valence-corrected chi connectivity index (χ0v) is 11.9. The molecule has 2 aromatic rings. The molecule has 6 nitrogen and oxygen atoms in total. The highest BCUT2D eigenvalue weighted by molar-refractivity contribution is 6.79. The molecular formula is C9H14ClN5OSi. The van der Waals surface area contributed by atoms with E-state index in [4.69, 9.17) is 16.3 Å². The molecule has 0 aromatic carbocycles. The quantitative estimate of drug-likeness (QED) is 0.866. The average Bonchev–Trinajstić information content (AvgIpc) is 2.60. The number of nitrogens with one attached hydrogen (secondary N) is 1. The van der Waals surface area contributed by atoms with Crippen molar-refractivity contribution in [1.29, 1.82) is 0 Å². The van der Waals surface area contributed by atoms with Crippen molar-refractivity contribution in [3.8, 4) is 6.01 Å². The van der Waals surface area contributed by atoms with Gasteiger partial charge in [-0.2, -0.15) is 9.50 Å². The largest absolute Gasteiger partial charge is 0.467 e. The Kier molecular flexibility index (Phi) is 2.96. The van der Waals surface area contributed by atoms with Crippen LogP contribution in [0.4, 0.5) is 5.95 Å². The van der Waals surface area contributed by atoms with E-state index in [1.165, 1.54) is 17.8 Å². The number of nitrogens with zero attached hydrogens (tertiary/aromatic N) is 4. The molecule has 0 aliphatic rings. The number of aromatic nitrogens is 4. The van der Waals surface area contributed by atoms with Crippen molar-refractivity contribution in [3.05, 3.63) is 11.2 Å². The van der Waals surface area contributed by atoms with Crippen LogP contribution >= 0.6 is 11.6 Å². The standard InChI is InChI=1S/C9H14ClN5OSi/c1-16-9-11-5-6(10)7-12-8(13-15(7)9)14-17(2,3)4/h5H,1-4H3,(H,13,14). The van der Waals surface area contributed by atoms with Crippen molar-refractivity contribution in [2.24, 2.45) is 0 Å². The first-order valence-corrected chi connectivity index (χ1v) is 9.02. The van der Waals surface area contributed by atoms with Crippen molar-refractivity contribution < 1.29 is 4.74 Å². The average molecular weight is 272 g/mol. The Morgan fingerprint density at radius 1 is 1.41 bits per heavy atom. The molecule has 17 heavy (non-hydrogen) atoms. The minimum absolute atomic E-state index is 0.362. The maximum atomic E-state index is 6.01. The van der Waals surface area contributed by atoms with Gasteiger partial charge in [-0.25, -0.2) is 4.98 Å². The van der Waals surface area contributed by atoms with Gasteiger partial charge in [-0.3, -0.25) is 0 Å². The van der Waals surface area contributed by atoms with Gasteiger partial charge in [-0.15, -0.1) is 5.10 Å². The number of hydrogen-bond donors (Lipinski definition) is 1. The van der Waals surface area contributed by atoms with E-state index in [0.29, 0.717) is 22.6 Å². The van der Waals surface area contributed by atoms with Crippen LogP contribution in [0.25, 0.3) is 5.65 Å². The fourth-order valence-corrected chi connectivity index (χ4v) is 2.30. The number of rotatable bonds is 3. The fraction of sp³-hybridized carbons (Fsp3) is 0.444. The van der Waals surface area contributed by atoms with Crippen molar-refractivity contribution >= 4 is 31.4 Å². The summed E-state index contributed by atoms with van der Waals surface area (Å²) in [7, 11) is 0.0322. The third-order valence-electron chi connectivity index (χ3n) is 1.96. The van der Waals surface area contributed by atoms with Gasteiger partial charge in [0.2, 0.25) is 5.95 Å². The Labute approximate surface area is 105 Å². The lowest BCUT2D eigenvalue weighted by Gasteiger charge is -2.15. The fourth-order valence-electron chi connectivity index (χ4n) is 1.35. The smallest absolute Gasteiger partial charge is 0.319 e. The van der Waals surface area contributed by atoms with Gasteiger partial charge in [0.25, 0.3) is 0 Å². The molecule has 2 aromatic heterocycles. The van der Waals surface area contributed by atoms with Gasteiger partial charge in [-0.05, 0) is 0 Å². The predicted octanol–water partition coefficient (Wildman–Crippen LogP) is 2.03. The molecule has 0 amide bonds. The van der Waals surface area contributed by atoms with Crippen LogP contribution in [0.1, 0.15) is 0 Å². The van der Waals surface area contributed by atoms with Gasteiger partial charge in [0, 0.05) is 0 Å². The van der Waals surface area contributed by atoms with E-state index in [9.17, 15) is 0 Å². The maximum absolute atomic E-state index is 6.01. The zero-order chi connectivity index (χ0) is 12.6. The molecule has 0 fully saturated rings. The third-order valence-corrected chi connectivity index (χ3v) is 3.20. The molecule has 2 heterocycles. The van der Waals surface area contributed by atoms with Crippen LogP contribution in [-0.4, -0.2) is 34.9 Å². The Morgan fingerprint density at radius 2 is 2.12 bits per heavy atom. The Bertz CT molecular complexity index is 550. The van der Waals surface area contributed by atoms with E-state index in [1.54, 1.807) is 0 Å². The summed E-state index contributed by atoms with van der Waals surface area (Å²) in [6.45, 7) is 6.49. The Morgan fingerprint density at radius 3 is 2.71 bits per heavy atom. The molecular weight excluding hydrogens is 258 g/mol. The zero-order valence-electron chi connectivity index (χ0n) is 10.2.